The molecular weight excluding hydrogens is 316 g/mol. The van der Waals surface area contributed by atoms with Gasteiger partial charge < -0.3 is 15.0 Å². The van der Waals surface area contributed by atoms with Gasteiger partial charge in [0.05, 0.1) is 6.54 Å². The topological polar surface area (TPSA) is 58.6 Å². The summed E-state index contributed by atoms with van der Waals surface area (Å²) in [7, 11) is 0. The molecule has 0 fully saturated rings. The lowest BCUT2D eigenvalue weighted by Gasteiger charge is -2.18. The van der Waals surface area contributed by atoms with Crippen LogP contribution in [0.3, 0.4) is 0 Å². The van der Waals surface area contributed by atoms with Crippen LogP contribution < -0.4 is 15.0 Å². The van der Waals surface area contributed by atoms with E-state index in [2.05, 4.69) is 5.32 Å². The zero-order valence-electron chi connectivity index (χ0n) is 14.7. The number of hydrogen-bond donors (Lipinski definition) is 1. The van der Waals surface area contributed by atoms with Crippen LogP contribution in [0.2, 0.25) is 0 Å². The Morgan fingerprint density at radius 1 is 1.16 bits per heavy atom. The van der Waals surface area contributed by atoms with Gasteiger partial charge in [-0.3, -0.25) is 9.59 Å². The van der Waals surface area contributed by atoms with Crippen molar-refractivity contribution in [1.82, 2.24) is 5.32 Å². The van der Waals surface area contributed by atoms with Crippen molar-refractivity contribution in [3.63, 3.8) is 0 Å². The highest BCUT2D eigenvalue weighted by atomic mass is 16.5. The van der Waals surface area contributed by atoms with Crippen molar-refractivity contribution >= 4 is 17.5 Å². The molecule has 1 aliphatic rings. The lowest BCUT2D eigenvalue weighted by Crippen LogP contribution is -2.38. The predicted octanol–water partition coefficient (Wildman–Crippen LogP) is 2.91. The molecule has 1 atom stereocenters. The van der Waals surface area contributed by atoms with Crippen molar-refractivity contribution in [2.75, 3.05) is 18.1 Å². The van der Waals surface area contributed by atoms with Crippen molar-refractivity contribution in [1.29, 1.82) is 0 Å². The Bertz CT molecular complexity index is 816. The van der Waals surface area contributed by atoms with E-state index in [4.69, 9.17) is 4.74 Å². The number of fused-ring (bicyclic) bond motifs is 1. The Morgan fingerprint density at radius 2 is 1.92 bits per heavy atom. The van der Waals surface area contributed by atoms with E-state index in [0.29, 0.717) is 13.2 Å². The molecule has 0 unspecified atom stereocenters. The van der Waals surface area contributed by atoms with Crippen LogP contribution in [-0.4, -0.2) is 25.0 Å². The number of hydrogen-bond acceptors (Lipinski definition) is 3. The van der Waals surface area contributed by atoms with Gasteiger partial charge in [0.25, 0.3) is 5.91 Å². The average molecular weight is 338 g/mol. The maximum Gasteiger partial charge on any atom is 0.254 e. The Balaban J connectivity index is 1.75. The summed E-state index contributed by atoms with van der Waals surface area (Å²) < 4.78 is 5.77. The fraction of sp³-hybridized carbons (Fsp3) is 0.300. The molecule has 0 bridgehead atoms. The Hall–Kier alpha value is -2.82. The molecule has 1 N–H and O–H groups in total. The van der Waals surface area contributed by atoms with Gasteiger partial charge in [0.15, 0.2) is 0 Å². The minimum absolute atomic E-state index is 0.122. The summed E-state index contributed by atoms with van der Waals surface area (Å²) >= 11 is 0. The molecule has 2 aromatic carbocycles. The number of anilines is 1. The van der Waals surface area contributed by atoms with Crippen LogP contribution in [0.1, 0.15) is 29.7 Å². The smallest absolute Gasteiger partial charge is 0.254 e. The van der Waals surface area contributed by atoms with E-state index in [1.54, 1.807) is 4.90 Å². The van der Waals surface area contributed by atoms with Crippen LogP contribution in [0.4, 0.5) is 5.69 Å². The highest BCUT2D eigenvalue weighted by molar-refractivity contribution is 6.06. The first-order valence-electron chi connectivity index (χ1n) is 8.34. The number of aryl methyl sites for hydroxylation is 2. The normalized spacial score (nSPS) is 15.9. The van der Waals surface area contributed by atoms with E-state index in [9.17, 15) is 9.59 Å². The number of nitrogens with zero attached hydrogens (tertiary/aromatic N) is 1. The van der Waals surface area contributed by atoms with Gasteiger partial charge in [-0.25, -0.2) is 0 Å². The third-order valence-electron chi connectivity index (χ3n) is 4.22. The number of carbonyl (C=O) groups is 2. The van der Waals surface area contributed by atoms with Crippen molar-refractivity contribution in [3.8, 4) is 5.75 Å². The van der Waals surface area contributed by atoms with E-state index in [-0.39, 0.29) is 11.8 Å². The zero-order chi connectivity index (χ0) is 18.0. The highest BCUT2D eigenvalue weighted by Crippen LogP contribution is 2.36. The van der Waals surface area contributed by atoms with E-state index in [1.807, 2.05) is 56.3 Å². The number of ether oxygens (including phenoxy) is 1. The van der Waals surface area contributed by atoms with E-state index < -0.39 is 6.04 Å². The fourth-order valence-electron chi connectivity index (χ4n) is 3.09. The summed E-state index contributed by atoms with van der Waals surface area (Å²) in [5, 5.41) is 2.75. The summed E-state index contributed by atoms with van der Waals surface area (Å²) in [6, 6.07) is 13.0. The number of carbonyl (C=O) groups excluding carboxylic acids is 2. The van der Waals surface area contributed by atoms with Gasteiger partial charge in [0.2, 0.25) is 5.91 Å². The van der Waals surface area contributed by atoms with Crippen LogP contribution in [0.15, 0.2) is 42.5 Å². The maximum atomic E-state index is 12.8. The molecule has 0 aliphatic carbocycles. The summed E-state index contributed by atoms with van der Waals surface area (Å²) in [5.41, 5.74) is 3.86. The average Bonchev–Trinajstić information content (AvgIpc) is 2.80. The Labute approximate surface area is 147 Å². The van der Waals surface area contributed by atoms with Crippen LogP contribution in [0.5, 0.6) is 5.75 Å². The molecule has 130 valence electrons. The van der Waals surface area contributed by atoms with Crippen molar-refractivity contribution in [2.24, 2.45) is 0 Å². The molecule has 0 saturated heterocycles. The van der Waals surface area contributed by atoms with Gasteiger partial charge in [-0.05, 0) is 37.6 Å². The third kappa shape index (κ3) is 3.65. The quantitative estimate of drug-likeness (QED) is 0.912. The molecule has 0 aromatic heterocycles. The van der Waals surface area contributed by atoms with Gasteiger partial charge in [-0.2, -0.15) is 0 Å². The number of rotatable bonds is 5. The van der Waals surface area contributed by atoms with Crippen LogP contribution >= 0.6 is 0 Å². The third-order valence-corrected chi connectivity index (χ3v) is 4.22. The number of nitrogens with one attached hydrogen (secondary N) is 1. The molecular formula is C20H22N2O3. The minimum Gasteiger partial charge on any atom is -0.492 e. The molecule has 5 nitrogen and oxygen atoms in total. The molecule has 1 aliphatic heterocycles. The largest absolute Gasteiger partial charge is 0.492 e. The number of amides is 2. The van der Waals surface area contributed by atoms with Crippen LogP contribution in [0, 0.1) is 13.8 Å². The second kappa shape index (κ2) is 6.97. The summed E-state index contributed by atoms with van der Waals surface area (Å²) in [6.45, 7) is 6.22. The molecule has 0 radical (unpaired) electrons. The molecule has 5 heteroatoms. The predicted molar refractivity (Wildman–Crippen MR) is 96.8 cm³/mol. The van der Waals surface area contributed by atoms with Gasteiger partial charge in [-0.15, -0.1) is 0 Å². The molecule has 2 aromatic rings. The fourth-order valence-corrected chi connectivity index (χ4v) is 3.09. The lowest BCUT2D eigenvalue weighted by atomic mass is 10.1. The summed E-state index contributed by atoms with van der Waals surface area (Å²) in [5.74, 6) is 0.446. The lowest BCUT2D eigenvalue weighted by molar-refractivity contribution is -0.126. The zero-order valence-corrected chi connectivity index (χ0v) is 14.7. The van der Waals surface area contributed by atoms with Crippen molar-refractivity contribution < 1.29 is 14.3 Å². The van der Waals surface area contributed by atoms with E-state index in [0.717, 1.165) is 28.1 Å². The standard InChI is InChI=1S/C20H22N2O3/c1-13-5-4-6-16(11-13)25-10-9-22-18-8-7-14(2)12-17(18)19(20(22)24)21-15(3)23/h4-8,11-12,19H,9-10H2,1-3H3,(H,21,23)/t19-/m0/s1. The monoisotopic (exact) mass is 338 g/mol. The van der Waals surface area contributed by atoms with Gasteiger partial charge in [-0.1, -0.05) is 29.8 Å². The molecule has 1 heterocycles. The van der Waals surface area contributed by atoms with Crippen LogP contribution in [0.25, 0.3) is 0 Å². The second-order valence-corrected chi connectivity index (χ2v) is 6.35. The van der Waals surface area contributed by atoms with E-state index >= 15 is 0 Å². The minimum atomic E-state index is -0.619. The SMILES string of the molecule is CC(=O)N[C@@H]1C(=O)N(CCOc2cccc(C)c2)c2ccc(C)cc21. The maximum absolute atomic E-state index is 12.8. The first-order chi connectivity index (χ1) is 12.0. The van der Waals surface area contributed by atoms with E-state index in [1.165, 1.54) is 6.92 Å². The number of benzene rings is 2. The first-order valence-corrected chi connectivity index (χ1v) is 8.34. The van der Waals surface area contributed by atoms with Crippen LogP contribution in [-0.2, 0) is 9.59 Å². The highest BCUT2D eigenvalue weighted by Gasteiger charge is 2.37. The summed E-state index contributed by atoms with van der Waals surface area (Å²) in [6.07, 6.45) is 0. The first kappa shape index (κ1) is 17.0. The molecule has 25 heavy (non-hydrogen) atoms. The van der Waals surface area contributed by atoms with Crippen molar-refractivity contribution in [3.05, 3.63) is 59.2 Å². The molecule has 2 amide bonds. The Morgan fingerprint density at radius 3 is 2.64 bits per heavy atom. The van der Waals surface area contributed by atoms with Crippen molar-refractivity contribution in [2.45, 2.75) is 26.8 Å². The molecule has 0 spiro atoms. The van der Waals surface area contributed by atoms with Gasteiger partial charge in [0.1, 0.15) is 18.4 Å². The van der Waals surface area contributed by atoms with Gasteiger partial charge >= 0.3 is 0 Å². The molecule has 0 saturated carbocycles. The Kier molecular flexibility index (Phi) is 4.74. The second-order valence-electron chi connectivity index (χ2n) is 6.35. The summed E-state index contributed by atoms with van der Waals surface area (Å²) in [4.78, 5) is 25.9. The molecule has 3 rings (SSSR count). The van der Waals surface area contributed by atoms with Gasteiger partial charge in [0, 0.05) is 18.2 Å².